The van der Waals surface area contributed by atoms with Gasteiger partial charge in [-0.05, 0) is 79.3 Å². The van der Waals surface area contributed by atoms with Gasteiger partial charge >= 0.3 is 6.03 Å². The predicted molar refractivity (Wildman–Crippen MR) is 248 cm³/mol. The van der Waals surface area contributed by atoms with Crippen LogP contribution in [0, 0.1) is 11.2 Å². The third kappa shape index (κ3) is 7.34. The second kappa shape index (κ2) is 15.7. The fourth-order valence-electron chi connectivity index (χ4n) is 10.6. The molecule has 67 heavy (non-hydrogen) atoms. The summed E-state index contributed by atoms with van der Waals surface area (Å²) in [6.45, 7) is 5.22. The first kappa shape index (κ1) is 41.3. The summed E-state index contributed by atoms with van der Waals surface area (Å²) in [4.78, 5) is 67.9. The molecule has 0 saturated carbocycles. The van der Waals surface area contributed by atoms with E-state index in [1.54, 1.807) is 24.1 Å². The number of benzene rings is 3. The number of aliphatic hydroxyl groups is 1. The number of piperidine rings is 1. The molecule has 3 aromatic carbocycles. The molecule has 342 valence electrons. The minimum absolute atomic E-state index is 0.0205. The van der Waals surface area contributed by atoms with Gasteiger partial charge in [0.05, 0.1) is 40.5 Å². The van der Waals surface area contributed by atoms with Gasteiger partial charge in [-0.15, -0.1) is 11.3 Å². The highest BCUT2D eigenvalue weighted by Gasteiger charge is 2.54. The molecule has 0 bridgehead atoms. The highest BCUT2D eigenvalue weighted by Crippen LogP contribution is 2.44. The summed E-state index contributed by atoms with van der Waals surface area (Å²) in [5.41, 5.74) is 5.23. The molecular weight excluding hydrogens is 878 g/mol. The number of anilines is 4. The molecule has 5 aliphatic rings. The predicted octanol–water partition coefficient (Wildman–Crippen LogP) is 5.06. The van der Waals surface area contributed by atoms with Gasteiger partial charge < -0.3 is 24.4 Å². The van der Waals surface area contributed by atoms with Gasteiger partial charge in [0, 0.05) is 104 Å². The van der Waals surface area contributed by atoms with Crippen LogP contribution < -0.4 is 25.3 Å². The summed E-state index contributed by atoms with van der Waals surface area (Å²) in [7, 11) is 0. The van der Waals surface area contributed by atoms with Gasteiger partial charge in [-0.2, -0.15) is 10.2 Å². The molecule has 4 N–H and O–H groups in total. The molecule has 5 aliphatic heterocycles. The van der Waals surface area contributed by atoms with Gasteiger partial charge in [-0.1, -0.05) is 12.1 Å². The van der Waals surface area contributed by atoms with E-state index in [4.69, 9.17) is 5.10 Å². The Morgan fingerprint density at radius 2 is 1.70 bits per heavy atom. The number of nitrogens with zero attached hydrogens (tertiary/aromatic N) is 10. The van der Waals surface area contributed by atoms with Crippen LogP contribution in [0.3, 0.4) is 0 Å². The molecule has 4 saturated heterocycles. The molecule has 0 radical (unpaired) electrons. The minimum Gasteiger partial charge on any atom is -0.389 e. The van der Waals surface area contributed by atoms with E-state index in [2.05, 4.69) is 45.2 Å². The number of carbonyl (C=O) groups excluding carboxylic acids is 4. The number of aryl methyl sites for hydroxylation is 1. The quantitative estimate of drug-likeness (QED) is 0.143. The van der Waals surface area contributed by atoms with Crippen LogP contribution in [0.25, 0.3) is 32.9 Å². The molecule has 5 amide bonds. The number of aromatic amines is 1. The van der Waals surface area contributed by atoms with E-state index in [0.717, 1.165) is 66.0 Å². The summed E-state index contributed by atoms with van der Waals surface area (Å²) >= 11 is 1.32. The molecule has 12 rings (SSSR count). The number of likely N-dealkylation sites (tertiary alicyclic amines) is 1. The number of H-pyrrole nitrogens is 1. The molecule has 1 atom stereocenters. The van der Waals surface area contributed by atoms with Gasteiger partial charge in [0.15, 0.2) is 17.0 Å². The average molecular weight is 924 g/mol. The summed E-state index contributed by atoms with van der Waals surface area (Å²) in [6.07, 6.45) is 7.94. The summed E-state index contributed by atoms with van der Waals surface area (Å²) in [5, 5.41) is 32.2. The molecule has 4 fully saturated rings. The monoisotopic (exact) mass is 923 g/mol. The maximum Gasteiger partial charge on any atom is 0.329 e. The number of aromatic nitrogens is 7. The highest BCUT2D eigenvalue weighted by atomic mass is 32.1. The number of carbonyl (C=O) groups is 4. The second-order valence-electron chi connectivity index (χ2n) is 18.7. The topological polar surface area (TPSA) is 203 Å². The fraction of sp³-hybridized carbons (Fsp3) is 0.362. The summed E-state index contributed by atoms with van der Waals surface area (Å²) in [5.74, 6) is -0.629. The van der Waals surface area contributed by atoms with E-state index < -0.39 is 23.5 Å². The van der Waals surface area contributed by atoms with Crippen LogP contribution in [0.5, 0.6) is 0 Å². The van der Waals surface area contributed by atoms with Gasteiger partial charge in [-0.3, -0.25) is 39.7 Å². The van der Waals surface area contributed by atoms with E-state index in [0.29, 0.717) is 72.1 Å². The van der Waals surface area contributed by atoms with E-state index in [1.165, 1.54) is 27.0 Å². The van der Waals surface area contributed by atoms with Crippen LogP contribution in [0.15, 0.2) is 78.7 Å². The first-order chi connectivity index (χ1) is 32.5. The van der Waals surface area contributed by atoms with Crippen molar-refractivity contribution in [3.8, 4) is 11.1 Å². The van der Waals surface area contributed by atoms with Crippen molar-refractivity contribution in [3.05, 3.63) is 95.9 Å². The Kier molecular flexibility index (Phi) is 9.68. The SMILES string of the molecule is O=C1CCN(c2n[nH]c3cc(N4CCC(O)(CC(=O)N5CC6(C5)CN(c5ccc(-c7cc(F)c8cn(C(C(=O)Nc9nccs9)c9ncn%10c9CCC%10)nc8c7)cc5)C6)CC4)ccc23)C(=O)N1. The molecule has 18 nitrogen and oxygen atoms in total. The second-order valence-corrected chi connectivity index (χ2v) is 19.6. The van der Waals surface area contributed by atoms with Crippen molar-refractivity contribution in [2.75, 3.05) is 65.8 Å². The third-order valence-electron chi connectivity index (χ3n) is 14.2. The number of amides is 5. The average Bonchev–Trinajstić information content (AvgIpc) is 4.14. The first-order valence-corrected chi connectivity index (χ1v) is 23.5. The maximum absolute atomic E-state index is 15.9. The Hall–Kier alpha value is -7.19. The lowest BCUT2D eigenvalue weighted by Crippen LogP contribution is -2.73. The Morgan fingerprint density at radius 1 is 0.896 bits per heavy atom. The van der Waals surface area contributed by atoms with Crippen molar-refractivity contribution in [2.24, 2.45) is 5.41 Å². The zero-order chi connectivity index (χ0) is 45.6. The number of rotatable bonds is 10. The van der Waals surface area contributed by atoms with E-state index in [1.807, 2.05) is 53.4 Å². The third-order valence-corrected chi connectivity index (χ3v) is 14.9. The molecule has 0 aliphatic carbocycles. The van der Waals surface area contributed by atoms with Crippen molar-refractivity contribution in [1.82, 2.24) is 44.7 Å². The summed E-state index contributed by atoms with van der Waals surface area (Å²) < 4.78 is 19.4. The van der Waals surface area contributed by atoms with Gasteiger partial charge in [0.25, 0.3) is 5.91 Å². The Bertz CT molecular complexity index is 3110. The van der Waals surface area contributed by atoms with E-state index in [-0.39, 0.29) is 42.5 Å². The lowest BCUT2D eigenvalue weighted by Gasteiger charge is -2.61. The van der Waals surface area contributed by atoms with Crippen LogP contribution in [-0.4, -0.2) is 120 Å². The van der Waals surface area contributed by atoms with Crippen molar-refractivity contribution in [1.29, 1.82) is 0 Å². The molecule has 4 aromatic heterocycles. The molecule has 9 heterocycles. The smallest absolute Gasteiger partial charge is 0.329 e. The molecule has 1 unspecified atom stereocenters. The van der Waals surface area contributed by atoms with Gasteiger partial charge in [0.2, 0.25) is 11.8 Å². The first-order valence-electron chi connectivity index (χ1n) is 22.6. The number of hydrogen-bond acceptors (Lipinski definition) is 12. The van der Waals surface area contributed by atoms with Crippen LogP contribution in [-0.2, 0) is 27.3 Å². The van der Waals surface area contributed by atoms with Crippen LogP contribution in [0.4, 0.5) is 31.5 Å². The van der Waals surface area contributed by atoms with E-state index >= 15 is 4.39 Å². The zero-order valence-corrected chi connectivity index (χ0v) is 37.1. The number of urea groups is 1. The molecule has 7 aromatic rings. The highest BCUT2D eigenvalue weighted by molar-refractivity contribution is 7.13. The lowest BCUT2D eigenvalue weighted by atomic mass is 9.72. The van der Waals surface area contributed by atoms with Gasteiger partial charge in [0.1, 0.15) is 5.82 Å². The van der Waals surface area contributed by atoms with Crippen LogP contribution in [0.1, 0.15) is 49.5 Å². The number of halogens is 1. The molecule has 20 heteroatoms. The van der Waals surface area contributed by atoms with Gasteiger partial charge in [-0.25, -0.2) is 19.2 Å². The Labute approximate surface area is 386 Å². The minimum atomic E-state index is -1.08. The summed E-state index contributed by atoms with van der Waals surface area (Å²) in [6, 6.07) is 15.8. The van der Waals surface area contributed by atoms with Crippen LogP contribution >= 0.6 is 11.3 Å². The zero-order valence-electron chi connectivity index (χ0n) is 36.3. The number of imide groups is 1. The number of imidazole rings is 1. The maximum atomic E-state index is 15.9. The van der Waals surface area contributed by atoms with Crippen LogP contribution in [0.2, 0.25) is 0 Å². The van der Waals surface area contributed by atoms with Crippen molar-refractivity contribution in [2.45, 2.75) is 56.7 Å². The molecule has 1 spiro atoms. The number of nitrogens with one attached hydrogen (secondary N) is 3. The number of hydrogen-bond donors (Lipinski definition) is 4. The van der Waals surface area contributed by atoms with E-state index in [9.17, 15) is 24.3 Å². The Morgan fingerprint density at radius 3 is 2.48 bits per heavy atom. The Balaban J connectivity index is 0.650. The number of thiazole rings is 1. The number of fused-ring (bicyclic) bond motifs is 3. The fourth-order valence-corrected chi connectivity index (χ4v) is 11.2. The lowest BCUT2D eigenvalue weighted by molar-refractivity contribution is -0.151. The van der Waals surface area contributed by atoms with Crippen molar-refractivity contribution >= 4 is 79.2 Å². The van der Waals surface area contributed by atoms with Crippen molar-refractivity contribution in [3.63, 3.8) is 0 Å². The normalized spacial score (nSPS) is 19.1. The van der Waals surface area contributed by atoms with Crippen molar-refractivity contribution < 1.29 is 28.7 Å². The largest absolute Gasteiger partial charge is 0.389 e. The standard InChI is InChI=1S/C47H46FN13O5S/c48-34-18-29(19-36-33(34)22-61(55-36)41(43(64)52-44-49-12-17-67-44)40-37-2-1-13-57(37)27-50-40)28-3-5-30(6-4-28)58-23-46(24-58)25-59(26-46)39(63)21-47(66)10-15-56(16-11-47)31-7-8-32-35(20-31)53-54-42(32)60-14-9-38(62)51-45(60)65/h3-8,12,17-20,22,27,41,66H,1-2,9-11,13-16,21,23-26H2,(H,53,54)(H,49,52,64)(H,51,62,65). The molecular formula is C47H46FN13O5S.